The standard InChI is InChI=1S/C4H8N2O4PS2/c1-12(7,8)5-3-4-6(11-5)13(2,9)10/h3-4H,1-2H3/q+1. The fourth-order valence-corrected chi connectivity index (χ4v) is 3.25. The van der Waals surface area contributed by atoms with Gasteiger partial charge in [-0.05, 0) is 0 Å². The number of hydrogen-bond acceptors (Lipinski definition) is 4. The topological polar surface area (TPSA) is 77.1 Å². The highest BCUT2D eigenvalue weighted by atomic mass is 32.2. The van der Waals surface area contributed by atoms with Gasteiger partial charge in [0.1, 0.15) is 0 Å². The van der Waals surface area contributed by atoms with Crippen molar-refractivity contribution >= 4 is 28.6 Å². The molecule has 74 valence electrons. The lowest BCUT2D eigenvalue weighted by atomic mass is 11.0. The van der Waals surface area contributed by atoms with Gasteiger partial charge in [-0.15, -0.1) is 7.47 Å². The fraction of sp³-hybridized carbons (Fsp3) is 0.500. The number of aromatic nitrogens is 2. The Morgan fingerprint density at radius 2 is 1.77 bits per heavy atom. The number of nitrogens with zero attached hydrogens (tertiary/aromatic N) is 2. The zero-order chi connectivity index (χ0) is 10.3. The van der Waals surface area contributed by atoms with E-state index in [1.165, 1.54) is 12.4 Å². The van der Waals surface area contributed by atoms with E-state index in [1.54, 1.807) is 0 Å². The molecule has 9 heteroatoms. The second-order valence-electron chi connectivity index (χ2n) is 2.46. The van der Waals surface area contributed by atoms with Crippen molar-refractivity contribution in [3.63, 3.8) is 0 Å². The third kappa shape index (κ3) is 2.49. The average Bonchev–Trinajstić information content (AvgIpc) is 2.28. The molecule has 0 spiro atoms. The molecule has 0 aliphatic carbocycles. The molecular formula is C4H8N2O4PS2+. The Kier molecular flexibility index (Phi) is 2.48. The normalized spacial score (nSPS) is 13.7. The van der Waals surface area contributed by atoms with Crippen LogP contribution < -0.4 is 3.73 Å². The van der Waals surface area contributed by atoms with Crippen molar-refractivity contribution in [1.29, 1.82) is 0 Å². The molecule has 6 nitrogen and oxygen atoms in total. The largest absolute Gasteiger partial charge is 0.380 e. The Hall–Kier alpha value is -0.460. The first-order chi connectivity index (χ1) is 5.71. The third-order valence-corrected chi connectivity index (χ3v) is 5.62. The van der Waals surface area contributed by atoms with Crippen LogP contribution in [-0.2, 0) is 20.0 Å². The van der Waals surface area contributed by atoms with Crippen LogP contribution >= 0.6 is 8.51 Å². The van der Waals surface area contributed by atoms with Crippen molar-refractivity contribution in [2.45, 2.75) is 0 Å². The molecule has 0 saturated carbocycles. The molecule has 0 saturated heterocycles. The van der Waals surface area contributed by atoms with Gasteiger partial charge in [0, 0.05) is 0 Å². The first-order valence-electron chi connectivity index (χ1n) is 3.10. The van der Waals surface area contributed by atoms with Gasteiger partial charge in [0.15, 0.2) is 12.4 Å². The van der Waals surface area contributed by atoms with Crippen molar-refractivity contribution in [2.75, 3.05) is 12.5 Å². The van der Waals surface area contributed by atoms with E-state index in [4.69, 9.17) is 0 Å². The van der Waals surface area contributed by atoms with Crippen molar-refractivity contribution in [3.8, 4) is 0 Å². The monoisotopic (exact) mass is 243 g/mol. The van der Waals surface area contributed by atoms with Crippen molar-refractivity contribution < 1.29 is 20.6 Å². The van der Waals surface area contributed by atoms with Crippen molar-refractivity contribution in [1.82, 2.24) is 3.73 Å². The highest BCUT2D eigenvalue weighted by Gasteiger charge is 2.20. The van der Waals surface area contributed by atoms with Gasteiger partial charge in [-0.25, -0.2) is 0 Å². The fourth-order valence-electron chi connectivity index (χ4n) is 0.614. The lowest BCUT2D eigenvalue weighted by molar-refractivity contribution is -0.427. The summed E-state index contributed by atoms with van der Waals surface area (Å²) in [6.45, 7) is 0. The minimum atomic E-state index is -3.37. The summed E-state index contributed by atoms with van der Waals surface area (Å²) >= 11 is 0. The van der Waals surface area contributed by atoms with Crippen LogP contribution in [0, 0.1) is 0 Å². The van der Waals surface area contributed by atoms with Gasteiger partial charge < -0.3 is 0 Å². The highest BCUT2D eigenvalue weighted by molar-refractivity contribution is 7.91. The van der Waals surface area contributed by atoms with E-state index in [1.807, 2.05) is 0 Å². The van der Waals surface area contributed by atoms with E-state index in [0.717, 1.165) is 20.0 Å². The molecule has 1 aromatic heterocycles. The zero-order valence-corrected chi connectivity index (χ0v) is 9.47. The minimum Gasteiger partial charge on any atom is -0.183 e. The van der Waals surface area contributed by atoms with Crippen LogP contribution in [0.15, 0.2) is 12.4 Å². The molecule has 0 atom stereocenters. The first kappa shape index (κ1) is 10.6. The minimum absolute atomic E-state index is 0.0887. The average molecular weight is 243 g/mol. The maximum Gasteiger partial charge on any atom is 0.380 e. The lowest BCUT2D eigenvalue weighted by Gasteiger charge is -1.87. The number of rotatable bonds is 2. The third-order valence-electron chi connectivity index (χ3n) is 1.18. The molecule has 0 radical (unpaired) electrons. The molecule has 0 aromatic carbocycles. The van der Waals surface area contributed by atoms with E-state index in [-0.39, 0.29) is 8.51 Å². The van der Waals surface area contributed by atoms with Gasteiger partial charge in [-0.2, -0.15) is 16.8 Å². The molecule has 0 aliphatic heterocycles. The van der Waals surface area contributed by atoms with Crippen molar-refractivity contribution in [2.24, 2.45) is 0 Å². The summed E-state index contributed by atoms with van der Waals surface area (Å²) in [4.78, 5) is 0. The molecule has 0 aliphatic rings. The molecule has 13 heavy (non-hydrogen) atoms. The van der Waals surface area contributed by atoms with Gasteiger partial charge in [0.2, 0.25) is 0 Å². The summed E-state index contributed by atoms with van der Waals surface area (Å²) in [5.74, 6) is 0. The first-order valence-corrected chi connectivity index (χ1v) is 7.59. The Morgan fingerprint density at radius 1 is 1.23 bits per heavy atom. The van der Waals surface area contributed by atoms with E-state index in [0.29, 0.717) is 0 Å². The van der Waals surface area contributed by atoms with Gasteiger partial charge in [0.05, 0.1) is 12.5 Å². The predicted octanol–water partition coefficient (Wildman–Crippen LogP) is -1.03. The molecule has 1 rings (SSSR count). The maximum atomic E-state index is 11.0. The summed E-state index contributed by atoms with van der Waals surface area (Å²) in [5.41, 5.74) is 0. The predicted molar refractivity (Wildman–Crippen MR) is 47.6 cm³/mol. The van der Waals surface area contributed by atoms with Crippen LogP contribution in [0.5, 0.6) is 0 Å². The van der Waals surface area contributed by atoms with E-state index in [9.17, 15) is 16.8 Å². The Labute approximate surface area is 78.1 Å². The number of hydrogen-bond donors (Lipinski definition) is 0. The van der Waals surface area contributed by atoms with Crippen LogP contribution in [0.4, 0.5) is 0 Å². The van der Waals surface area contributed by atoms with E-state index >= 15 is 0 Å². The Bertz CT molecular complexity index is 468. The molecule has 1 heterocycles. The molecule has 0 fully saturated rings. The van der Waals surface area contributed by atoms with Crippen molar-refractivity contribution in [3.05, 3.63) is 12.4 Å². The quantitative estimate of drug-likeness (QED) is 0.665. The van der Waals surface area contributed by atoms with Crippen LogP contribution in [-0.4, -0.2) is 33.1 Å². The Balaban J connectivity index is 3.32. The highest BCUT2D eigenvalue weighted by Crippen LogP contribution is 2.03. The summed E-state index contributed by atoms with van der Waals surface area (Å²) in [6, 6.07) is 0. The summed E-state index contributed by atoms with van der Waals surface area (Å²) in [5, 5.41) is 0. The lowest BCUT2D eigenvalue weighted by Crippen LogP contribution is -2.35. The summed E-state index contributed by atoms with van der Waals surface area (Å²) < 4.78 is 45.7. The van der Waals surface area contributed by atoms with Gasteiger partial charge in [0.25, 0.3) is 0 Å². The molecule has 0 unspecified atom stereocenters. The SMILES string of the molecule is CS(=O)(=O)n1cc[n+](S(C)(=O)=O)p1. The van der Waals surface area contributed by atoms with Crippen LogP contribution in [0.25, 0.3) is 0 Å². The summed E-state index contributed by atoms with van der Waals surface area (Å²) in [6.07, 6.45) is 4.43. The Morgan fingerprint density at radius 3 is 2.00 bits per heavy atom. The van der Waals surface area contributed by atoms with Gasteiger partial charge in [-0.3, -0.25) is 0 Å². The molecule has 0 N–H and O–H groups in total. The van der Waals surface area contributed by atoms with Gasteiger partial charge in [-0.1, -0.05) is 0 Å². The molecule has 0 amide bonds. The van der Waals surface area contributed by atoms with E-state index < -0.39 is 20.0 Å². The zero-order valence-electron chi connectivity index (χ0n) is 6.95. The maximum absolute atomic E-state index is 11.0. The van der Waals surface area contributed by atoms with Gasteiger partial charge >= 0.3 is 28.6 Å². The second kappa shape index (κ2) is 3.04. The van der Waals surface area contributed by atoms with E-state index in [2.05, 4.69) is 0 Å². The van der Waals surface area contributed by atoms with Crippen LogP contribution in [0.3, 0.4) is 0 Å². The molecular weight excluding hydrogens is 235 g/mol. The van der Waals surface area contributed by atoms with Crippen LogP contribution in [0.2, 0.25) is 0 Å². The second-order valence-corrected chi connectivity index (χ2v) is 7.76. The molecule has 0 bridgehead atoms. The molecule has 1 aromatic rings. The summed E-state index contributed by atoms with van der Waals surface area (Å²) in [7, 11) is -6.65. The smallest absolute Gasteiger partial charge is 0.183 e. The van der Waals surface area contributed by atoms with Crippen LogP contribution in [0.1, 0.15) is 0 Å².